The number of thiazole rings is 1. The Morgan fingerprint density at radius 1 is 1.19 bits per heavy atom. The number of hydrogen-bond acceptors (Lipinski definition) is 5. The van der Waals surface area contributed by atoms with Crippen LogP contribution in [0.5, 0.6) is 0 Å². The molecule has 2 aromatic carbocycles. The molecule has 2 heterocycles. The molecule has 0 bridgehead atoms. The zero-order valence-electron chi connectivity index (χ0n) is 16.9. The number of nitrogens with one attached hydrogen (secondary N) is 1. The molecule has 1 fully saturated rings. The number of amides is 2. The van der Waals surface area contributed by atoms with Gasteiger partial charge in [-0.3, -0.25) is 14.5 Å². The van der Waals surface area contributed by atoms with Gasteiger partial charge in [0.15, 0.2) is 0 Å². The van der Waals surface area contributed by atoms with Gasteiger partial charge in [-0.2, -0.15) is 0 Å². The molecule has 2 amide bonds. The van der Waals surface area contributed by atoms with Gasteiger partial charge >= 0.3 is 0 Å². The molecule has 1 aromatic heterocycles. The molecule has 1 aliphatic rings. The standard InChI is InChI=1S/C23H23ClN4O2S/c24-19-6-2-1-5-18(19)23-27-20(14-31-23)22(30)26-17-9-7-15(8-10-17)12-28-11-3-4-16(13-28)21(25)29/h1-2,5-10,14,16H,3-4,11-13H2,(H2,25,29)(H,26,30). The summed E-state index contributed by atoms with van der Waals surface area (Å²) >= 11 is 7.61. The molecule has 4 rings (SSSR count). The third kappa shape index (κ3) is 5.31. The second-order valence-corrected chi connectivity index (χ2v) is 8.91. The van der Waals surface area contributed by atoms with E-state index in [1.807, 2.05) is 42.5 Å². The number of benzene rings is 2. The van der Waals surface area contributed by atoms with Gasteiger partial charge in [-0.1, -0.05) is 41.9 Å². The first kappa shape index (κ1) is 21.5. The van der Waals surface area contributed by atoms with Gasteiger partial charge in [-0.05, 0) is 43.1 Å². The van der Waals surface area contributed by atoms with Crippen molar-refractivity contribution >= 4 is 40.4 Å². The number of carbonyl (C=O) groups is 2. The Morgan fingerprint density at radius 3 is 2.71 bits per heavy atom. The Morgan fingerprint density at radius 2 is 1.97 bits per heavy atom. The second-order valence-electron chi connectivity index (χ2n) is 7.65. The lowest BCUT2D eigenvalue weighted by Gasteiger charge is -2.31. The Bertz CT molecular complexity index is 1080. The van der Waals surface area contributed by atoms with Crippen LogP contribution in [0.1, 0.15) is 28.9 Å². The van der Waals surface area contributed by atoms with E-state index >= 15 is 0 Å². The summed E-state index contributed by atoms with van der Waals surface area (Å²) in [6, 6.07) is 15.2. The quantitative estimate of drug-likeness (QED) is 0.577. The van der Waals surface area contributed by atoms with E-state index in [1.54, 1.807) is 11.4 Å². The number of piperidine rings is 1. The van der Waals surface area contributed by atoms with Crippen LogP contribution in [0.3, 0.4) is 0 Å². The van der Waals surface area contributed by atoms with Crippen LogP contribution < -0.4 is 11.1 Å². The van der Waals surface area contributed by atoms with Crippen molar-refractivity contribution in [3.8, 4) is 10.6 Å². The first-order valence-corrected chi connectivity index (χ1v) is 11.4. The lowest BCUT2D eigenvalue weighted by atomic mass is 9.97. The van der Waals surface area contributed by atoms with Crippen molar-refractivity contribution < 1.29 is 9.59 Å². The van der Waals surface area contributed by atoms with E-state index in [4.69, 9.17) is 17.3 Å². The van der Waals surface area contributed by atoms with Gasteiger partial charge < -0.3 is 11.1 Å². The fraction of sp³-hybridized carbons (Fsp3) is 0.261. The number of anilines is 1. The summed E-state index contributed by atoms with van der Waals surface area (Å²) in [4.78, 5) is 30.7. The lowest BCUT2D eigenvalue weighted by Crippen LogP contribution is -2.40. The molecule has 0 aliphatic carbocycles. The van der Waals surface area contributed by atoms with Crippen LogP contribution in [0.2, 0.25) is 5.02 Å². The minimum atomic E-state index is -0.261. The minimum Gasteiger partial charge on any atom is -0.369 e. The van der Waals surface area contributed by atoms with E-state index in [1.165, 1.54) is 11.3 Å². The second kappa shape index (κ2) is 9.60. The molecule has 3 aromatic rings. The third-order valence-electron chi connectivity index (χ3n) is 5.37. The zero-order chi connectivity index (χ0) is 21.8. The molecular formula is C23H23ClN4O2S. The molecule has 0 radical (unpaired) electrons. The average Bonchev–Trinajstić information content (AvgIpc) is 3.26. The van der Waals surface area contributed by atoms with Crippen molar-refractivity contribution in [1.29, 1.82) is 0 Å². The molecular weight excluding hydrogens is 432 g/mol. The van der Waals surface area contributed by atoms with E-state index in [0.29, 0.717) is 28.0 Å². The highest BCUT2D eigenvalue weighted by Crippen LogP contribution is 2.30. The number of carbonyl (C=O) groups excluding carboxylic acids is 2. The van der Waals surface area contributed by atoms with Crippen LogP contribution in [-0.2, 0) is 11.3 Å². The van der Waals surface area contributed by atoms with Crippen LogP contribution in [0.4, 0.5) is 5.69 Å². The third-order valence-corrected chi connectivity index (χ3v) is 6.57. The first-order valence-electron chi connectivity index (χ1n) is 10.1. The summed E-state index contributed by atoms with van der Waals surface area (Å²) in [6.07, 6.45) is 1.84. The highest BCUT2D eigenvalue weighted by Gasteiger charge is 2.23. The van der Waals surface area contributed by atoms with E-state index in [0.717, 1.165) is 37.1 Å². The van der Waals surface area contributed by atoms with Crippen molar-refractivity contribution in [3.63, 3.8) is 0 Å². The normalized spacial score (nSPS) is 16.7. The highest BCUT2D eigenvalue weighted by molar-refractivity contribution is 7.13. The Labute approximate surface area is 190 Å². The maximum atomic E-state index is 12.6. The van der Waals surface area contributed by atoms with Crippen molar-refractivity contribution in [2.75, 3.05) is 18.4 Å². The van der Waals surface area contributed by atoms with E-state index in [2.05, 4.69) is 15.2 Å². The predicted molar refractivity (Wildman–Crippen MR) is 124 cm³/mol. The van der Waals surface area contributed by atoms with Crippen LogP contribution in [-0.4, -0.2) is 34.8 Å². The summed E-state index contributed by atoms with van der Waals surface area (Å²) in [6.45, 7) is 2.41. The SMILES string of the molecule is NC(=O)C1CCCN(Cc2ccc(NC(=O)c3csc(-c4ccccc4Cl)n3)cc2)C1. The van der Waals surface area contributed by atoms with Crippen molar-refractivity contribution in [2.24, 2.45) is 11.7 Å². The zero-order valence-corrected chi connectivity index (χ0v) is 18.5. The molecule has 31 heavy (non-hydrogen) atoms. The number of rotatable bonds is 6. The molecule has 1 unspecified atom stereocenters. The lowest BCUT2D eigenvalue weighted by molar-refractivity contribution is -0.123. The molecule has 1 aliphatic heterocycles. The number of likely N-dealkylation sites (tertiary alicyclic amines) is 1. The van der Waals surface area contributed by atoms with E-state index < -0.39 is 0 Å². The van der Waals surface area contributed by atoms with Gasteiger partial charge in [0.2, 0.25) is 5.91 Å². The fourth-order valence-corrected chi connectivity index (χ4v) is 4.83. The van der Waals surface area contributed by atoms with Crippen LogP contribution >= 0.6 is 22.9 Å². The number of aromatic nitrogens is 1. The smallest absolute Gasteiger partial charge is 0.275 e. The minimum absolute atomic E-state index is 0.0684. The summed E-state index contributed by atoms with van der Waals surface area (Å²) in [5, 5.41) is 5.93. The number of primary amides is 1. The average molecular weight is 455 g/mol. The summed E-state index contributed by atoms with van der Waals surface area (Å²) in [5.74, 6) is -0.550. The fourth-order valence-electron chi connectivity index (χ4n) is 3.71. The van der Waals surface area contributed by atoms with Crippen molar-refractivity contribution in [2.45, 2.75) is 19.4 Å². The topological polar surface area (TPSA) is 88.3 Å². The predicted octanol–water partition coefficient (Wildman–Crippen LogP) is 4.41. The maximum Gasteiger partial charge on any atom is 0.275 e. The van der Waals surface area contributed by atoms with Crippen molar-refractivity contribution in [3.05, 3.63) is 70.2 Å². The number of hydrogen-bond donors (Lipinski definition) is 2. The maximum absolute atomic E-state index is 12.6. The van der Waals surface area contributed by atoms with Crippen molar-refractivity contribution in [1.82, 2.24) is 9.88 Å². The van der Waals surface area contributed by atoms with Crippen LogP contribution in [0, 0.1) is 5.92 Å². The van der Waals surface area contributed by atoms with Crippen LogP contribution in [0.25, 0.3) is 10.6 Å². The Kier molecular flexibility index (Phi) is 6.65. The molecule has 8 heteroatoms. The molecule has 1 saturated heterocycles. The van der Waals surface area contributed by atoms with Crippen LogP contribution in [0.15, 0.2) is 53.9 Å². The molecule has 0 saturated carbocycles. The molecule has 1 atom stereocenters. The monoisotopic (exact) mass is 454 g/mol. The molecule has 160 valence electrons. The number of halogens is 1. The van der Waals surface area contributed by atoms with E-state index in [-0.39, 0.29) is 17.7 Å². The summed E-state index contributed by atoms with van der Waals surface area (Å²) < 4.78 is 0. The molecule has 0 spiro atoms. The summed E-state index contributed by atoms with van der Waals surface area (Å²) in [7, 11) is 0. The number of nitrogens with zero attached hydrogens (tertiary/aromatic N) is 2. The van der Waals surface area contributed by atoms with Gasteiger partial charge in [0.1, 0.15) is 10.7 Å². The largest absolute Gasteiger partial charge is 0.369 e. The van der Waals surface area contributed by atoms with Gasteiger partial charge in [0.05, 0.1) is 10.9 Å². The Hall–Kier alpha value is -2.74. The Balaban J connectivity index is 1.36. The van der Waals surface area contributed by atoms with E-state index in [9.17, 15) is 9.59 Å². The number of nitrogens with two attached hydrogens (primary N) is 1. The van der Waals surface area contributed by atoms with Gasteiger partial charge in [-0.15, -0.1) is 11.3 Å². The summed E-state index contributed by atoms with van der Waals surface area (Å²) in [5.41, 5.74) is 8.46. The first-order chi connectivity index (χ1) is 15.0. The van der Waals surface area contributed by atoms with Gasteiger partial charge in [0.25, 0.3) is 5.91 Å². The van der Waals surface area contributed by atoms with Gasteiger partial charge in [-0.25, -0.2) is 4.98 Å². The molecule has 6 nitrogen and oxygen atoms in total. The van der Waals surface area contributed by atoms with Gasteiger partial charge in [0, 0.05) is 29.7 Å². The highest BCUT2D eigenvalue weighted by atomic mass is 35.5. The molecule has 3 N–H and O–H groups in total.